The molecule has 2 rings (SSSR count). The standard InChI is InChI=1S/C21H27FN2O/c1-5-15(2)19-11-6-7-12-20(19)23-21(25)16(3)24(4)14-17-9-8-10-18(22)13-17/h6-13,15-16H,5,14H2,1-4H3,(H,23,25)/t15-,16-/m0/s1. The van der Waals surface area contributed by atoms with Crippen LogP contribution in [-0.2, 0) is 11.3 Å². The van der Waals surface area contributed by atoms with E-state index >= 15 is 0 Å². The molecule has 4 heteroatoms. The molecule has 0 unspecified atom stereocenters. The van der Waals surface area contributed by atoms with Crippen LogP contribution in [0.5, 0.6) is 0 Å². The summed E-state index contributed by atoms with van der Waals surface area (Å²) in [6.45, 7) is 6.67. The van der Waals surface area contributed by atoms with E-state index in [1.54, 1.807) is 6.07 Å². The molecule has 0 radical (unpaired) electrons. The number of hydrogen-bond donors (Lipinski definition) is 1. The van der Waals surface area contributed by atoms with Crippen molar-refractivity contribution < 1.29 is 9.18 Å². The van der Waals surface area contributed by atoms with Gasteiger partial charge in [0, 0.05) is 12.2 Å². The number of rotatable bonds is 7. The first-order valence-corrected chi connectivity index (χ1v) is 8.76. The lowest BCUT2D eigenvalue weighted by molar-refractivity contribution is -0.120. The molecule has 1 N–H and O–H groups in total. The number of amides is 1. The van der Waals surface area contributed by atoms with E-state index in [0.717, 1.165) is 23.2 Å². The molecule has 0 saturated carbocycles. The third-order valence-electron chi connectivity index (χ3n) is 4.72. The summed E-state index contributed by atoms with van der Waals surface area (Å²) in [5, 5.41) is 3.05. The molecule has 0 aliphatic carbocycles. The minimum Gasteiger partial charge on any atom is -0.324 e. The molecule has 1 amide bonds. The van der Waals surface area contributed by atoms with Gasteiger partial charge in [0.2, 0.25) is 5.91 Å². The number of carbonyl (C=O) groups excluding carboxylic acids is 1. The monoisotopic (exact) mass is 342 g/mol. The number of nitrogens with zero attached hydrogens (tertiary/aromatic N) is 1. The molecule has 3 nitrogen and oxygen atoms in total. The molecule has 0 spiro atoms. The van der Waals surface area contributed by atoms with Crippen LogP contribution < -0.4 is 5.32 Å². The van der Waals surface area contributed by atoms with Crippen LogP contribution in [0.2, 0.25) is 0 Å². The normalized spacial score (nSPS) is 13.5. The average Bonchev–Trinajstić information content (AvgIpc) is 2.60. The Morgan fingerprint density at radius 1 is 1.16 bits per heavy atom. The van der Waals surface area contributed by atoms with Gasteiger partial charge in [0.05, 0.1) is 6.04 Å². The fourth-order valence-corrected chi connectivity index (χ4v) is 2.76. The second-order valence-electron chi connectivity index (χ2n) is 6.61. The lowest BCUT2D eigenvalue weighted by Crippen LogP contribution is -2.39. The molecule has 2 atom stereocenters. The molecule has 0 aromatic heterocycles. The van der Waals surface area contributed by atoms with Gasteiger partial charge in [-0.05, 0) is 55.6 Å². The van der Waals surface area contributed by atoms with Crippen molar-refractivity contribution >= 4 is 11.6 Å². The summed E-state index contributed by atoms with van der Waals surface area (Å²) in [7, 11) is 1.87. The van der Waals surface area contributed by atoms with Gasteiger partial charge in [0.1, 0.15) is 5.82 Å². The summed E-state index contributed by atoms with van der Waals surface area (Å²) >= 11 is 0. The van der Waals surface area contributed by atoms with Crippen LogP contribution in [0.3, 0.4) is 0 Å². The Morgan fingerprint density at radius 2 is 1.88 bits per heavy atom. The maximum absolute atomic E-state index is 13.3. The minimum atomic E-state index is -0.326. The number of nitrogens with one attached hydrogen (secondary N) is 1. The number of hydrogen-bond acceptors (Lipinski definition) is 2. The smallest absolute Gasteiger partial charge is 0.241 e. The van der Waals surface area contributed by atoms with Gasteiger partial charge in [0.25, 0.3) is 0 Å². The van der Waals surface area contributed by atoms with Gasteiger partial charge in [-0.2, -0.15) is 0 Å². The average molecular weight is 342 g/mol. The maximum atomic E-state index is 13.3. The van der Waals surface area contributed by atoms with E-state index in [9.17, 15) is 9.18 Å². The Morgan fingerprint density at radius 3 is 2.56 bits per heavy atom. The first-order valence-electron chi connectivity index (χ1n) is 8.76. The van der Waals surface area contributed by atoms with E-state index in [1.165, 1.54) is 12.1 Å². The summed E-state index contributed by atoms with van der Waals surface area (Å²) < 4.78 is 13.3. The summed E-state index contributed by atoms with van der Waals surface area (Å²) in [6.07, 6.45) is 1.02. The summed E-state index contributed by atoms with van der Waals surface area (Å²) in [6, 6.07) is 14.1. The molecule has 0 bridgehead atoms. The highest BCUT2D eigenvalue weighted by Crippen LogP contribution is 2.26. The molecule has 0 aliphatic heterocycles. The Hall–Kier alpha value is -2.20. The number of benzene rings is 2. The van der Waals surface area contributed by atoms with Gasteiger partial charge in [-0.3, -0.25) is 9.69 Å². The number of para-hydroxylation sites is 1. The van der Waals surface area contributed by atoms with Crippen molar-refractivity contribution in [3.63, 3.8) is 0 Å². The van der Waals surface area contributed by atoms with Crippen molar-refractivity contribution in [1.29, 1.82) is 0 Å². The Labute approximate surface area is 149 Å². The molecule has 134 valence electrons. The van der Waals surface area contributed by atoms with Crippen LogP contribution in [0.25, 0.3) is 0 Å². The predicted octanol–water partition coefficient (Wildman–Crippen LogP) is 4.80. The lowest BCUT2D eigenvalue weighted by Gasteiger charge is -2.25. The molecular weight excluding hydrogens is 315 g/mol. The van der Waals surface area contributed by atoms with Crippen molar-refractivity contribution in [2.45, 2.75) is 45.7 Å². The van der Waals surface area contributed by atoms with Gasteiger partial charge >= 0.3 is 0 Å². The van der Waals surface area contributed by atoms with E-state index in [1.807, 2.05) is 43.1 Å². The third kappa shape index (κ3) is 5.13. The Kier molecular flexibility index (Phi) is 6.71. The quantitative estimate of drug-likeness (QED) is 0.784. The van der Waals surface area contributed by atoms with Crippen molar-refractivity contribution in [1.82, 2.24) is 4.90 Å². The van der Waals surface area contributed by atoms with E-state index in [0.29, 0.717) is 12.5 Å². The highest BCUT2D eigenvalue weighted by atomic mass is 19.1. The van der Waals surface area contributed by atoms with Gasteiger partial charge in [-0.15, -0.1) is 0 Å². The third-order valence-corrected chi connectivity index (χ3v) is 4.72. The van der Waals surface area contributed by atoms with Crippen molar-refractivity contribution in [3.8, 4) is 0 Å². The summed E-state index contributed by atoms with van der Waals surface area (Å²) in [5.41, 5.74) is 2.87. The Bertz CT molecular complexity index is 717. The Balaban J connectivity index is 2.05. The number of anilines is 1. The molecule has 2 aromatic rings. The minimum absolute atomic E-state index is 0.0605. The molecule has 0 fully saturated rings. The second kappa shape index (κ2) is 8.77. The van der Waals surface area contributed by atoms with E-state index in [-0.39, 0.29) is 17.8 Å². The van der Waals surface area contributed by atoms with Gasteiger partial charge in [0.15, 0.2) is 0 Å². The molecule has 0 aliphatic rings. The van der Waals surface area contributed by atoms with E-state index < -0.39 is 0 Å². The fourth-order valence-electron chi connectivity index (χ4n) is 2.76. The molecule has 0 saturated heterocycles. The van der Waals surface area contributed by atoms with Gasteiger partial charge in [-0.1, -0.05) is 44.2 Å². The van der Waals surface area contributed by atoms with Crippen LogP contribution in [0.4, 0.5) is 10.1 Å². The zero-order valence-corrected chi connectivity index (χ0v) is 15.4. The summed E-state index contributed by atoms with van der Waals surface area (Å²) in [5.74, 6) is 0.0666. The van der Waals surface area contributed by atoms with E-state index in [4.69, 9.17) is 0 Å². The second-order valence-corrected chi connectivity index (χ2v) is 6.61. The molecular formula is C21H27FN2O. The fraction of sp³-hybridized carbons (Fsp3) is 0.381. The van der Waals surface area contributed by atoms with Crippen LogP contribution in [-0.4, -0.2) is 23.9 Å². The number of likely N-dealkylation sites (N-methyl/N-ethyl adjacent to an activating group) is 1. The van der Waals surface area contributed by atoms with E-state index in [2.05, 4.69) is 25.2 Å². The highest BCUT2D eigenvalue weighted by molar-refractivity contribution is 5.95. The van der Waals surface area contributed by atoms with Crippen molar-refractivity contribution in [3.05, 3.63) is 65.5 Å². The number of carbonyl (C=O) groups is 1. The van der Waals surface area contributed by atoms with Crippen LogP contribution in [0.1, 0.15) is 44.2 Å². The predicted molar refractivity (Wildman–Crippen MR) is 101 cm³/mol. The van der Waals surface area contributed by atoms with Crippen molar-refractivity contribution in [2.24, 2.45) is 0 Å². The zero-order chi connectivity index (χ0) is 18.4. The summed E-state index contributed by atoms with van der Waals surface area (Å²) in [4.78, 5) is 14.6. The topological polar surface area (TPSA) is 32.3 Å². The molecule has 2 aromatic carbocycles. The number of halogens is 1. The van der Waals surface area contributed by atoms with Gasteiger partial charge < -0.3 is 5.32 Å². The largest absolute Gasteiger partial charge is 0.324 e. The molecule has 0 heterocycles. The van der Waals surface area contributed by atoms with Crippen LogP contribution >= 0.6 is 0 Å². The SMILES string of the molecule is CC[C@H](C)c1ccccc1NC(=O)[C@H](C)N(C)Cc1cccc(F)c1. The maximum Gasteiger partial charge on any atom is 0.241 e. The first-order chi connectivity index (χ1) is 11.9. The first kappa shape index (κ1) is 19.1. The van der Waals surface area contributed by atoms with Crippen LogP contribution in [0.15, 0.2) is 48.5 Å². The molecule has 25 heavy (non-hydrogen) atoms. The lowest BCUT2D eigenvalue weighted by atomic mass is 9.97. The zero-order valence-electron chi connectivity index (χ0n) is 15.4. The highest BCUT2D eigenvalue weighted by Gasteiger charge is 2.20. The van der Waals surface area contributed by atoms with Gasteiger partial charge in [-0.25, -0.2) is 4.39 Å². The van der Waals surface area contributed by atoms with Crippen molar-refractivity contribution in [2.75, 3.05) is 12.4 Å². The van der Waals surface area contributed by atoms with Crippen LogP contribution in [0, 0.1) is 5.82 Å².